The van der Waals surface area contributed by atoms with Crippen molar-refractivity contribution >= 4 is 33.9 Å². The fraction of sp³-hybridized carbons (Fsp3) is 0.158. The van der Waals surface area contributed by atoms with Crippen molar-refractivity contribution in [2.24, 2.45) is 0 Å². The molecule has 0 saturated carbocycles. The molecule has 3 amide bonds. The second kappa shape index (κ2) is 7.70. The van der Waals surface area contributed by atoms with Crippen LogP contribution in [0, 0.1) is 5.82 Å². The van der Waals surface area contributed by atoms with E-state index >= 15 is 0 Å². The van der Waals surface area contributed by atoms with Crippen LogP contribution in [-0.4, -0.2) is 23.4 Å². The highest BCUT2D eigenvalue weighted by atomic mass is 79.9. The first-order valence-electron chi connectivity index (χ1n) is 8.00. The van der Waals surface area contributed by atoms with Crippen LogP contribution in [0.5, 0.6) is 5.75 Å². The number of nitrogens with one attached hydrogen (secondary N) is 1. The summed E-state index contributed by atoms with van der Waals surface area (Å²) in [6.07, 6.45) is 1.57. The van der Waals surface area contributed by atoms with E-state index in [0.29, 0.717) is 12.4 Å². The van der Waals surface area contributed by atoms with Gasteiger partial charge in [0, 0.05) is 5.56 Å². The summed E-state index contributed by atoms with van der Waals surface area (Å²) in [5.41, 5.74) is 1.14. The normalized spacial score (nSPS) is 15.5. The summed E-state index contributed by atoms with van der Waals surface area (Å²) >= 11 is 3.41. The van der Waals surface area contributed by atoms with Crippen LogP contribution in [-0.2, 0) is 11.3 Å². The van der Waals surface area contributed by atoms with E-state index in [9.17, 15) is 14.0 Å². The average Bonchev–Trinajstić information content (AvgIpc) is 2.87. The number of amides is 3. The Hall–Kier alpha value is -2.67. The molecule has 7 heteroatoms. The summed E-state index contributed by atoms with van der Waals surface area (Å²) in [5, 5.41) is 2.53. The molecule has 0 spiro atoms. The summed E-state index contributed by atoms with van der Waals surface area (Å²) in [4.78, 5) is 25.6. The largest absolute Gasteiger partial charge is 0.493 e. The molecule has 0 aliphatic carbocycles. The molecule has 5 nitrogen and oxygen atoms in total. The molecular weight excluding hydrogens is 403 g/mol. The van der Waals surface area contributed by atoms with Crippen molar-refractivity contribution < 1.29 is 18.7 Å². The van der Waals surface area contributed by atoms with E-state index in [1.165, 1.54) is 6.07 Å². The van der Waals surface area contributed by atoms with Gasteiger partial charge in [-0.05, 0) is 52.7 Å². The van der Waals surface area contributed by atoms with E-state index in [0.717, 1.165) is 14.9 Å². The number of hydrogen-bond acceptors (Lipinski definition) is 3. The van der Waals surface area contributed by atoms with Crippen LogP contribution >= 0.6 is 15.9 Å². The highest BCUT2D eigenvalue weighted by Gasteiger charge is 2.33. The van der Waals surface area contributed by atoms with Crippen LogP contribution in [0.15, 0.2) is 52.6 Å². The number of carbonyl (C=O) groups excluding carboxylic acids is 2. The molecule has 0 aromatic heterocycles. The third-order valence-electron chi connectivity index (χ3n) is 3.82. The third-order valence-corrected chi connectivity index (χ3v) is 4.44. The maximum Gasteiger partial charge on any atom is 0.329 e. The Morgan fingerprint density at radius 1 is 1.23 bits per heavy atom. The molecule has 26 heavy (non-hydrogen) atoms. The molecule has 1 aliphatic heterocycles. The predicted octanol–water partition coefficient (Wildman–Crippen LogP) is 4.08. The molecule has 1 aliphatic rings. The lowest BCUT2D eigenvalue weighted by Crippen LogP contribution is -2.30. The van der Waals surface area contributed by atoms with Crippen molar-refractivity contribution in [3.63, 3.8) is 0 Å². The molecule has 1 heterocycles. The van der Waals surface area contributed by atoms with E-state index in [4.69, 9.17) is 4.74 Å². The molecule has 0 radical (unpaired) electrons. The highest BCUT2D eigenvalue weighted by Crippen LogP contribution is 2.27. The fourth-order valence-electron chi connectivity index (χ4n) is 2.56. The van der Waals surface area contributed by atoms with Crippen LogP contribution < -0.4 is 10.1 Å². The third kappa shape index (κ3) is 3.77. The smallest absolute Gasteiger partial charge is 0.329 e. The zero-order valence-corrected chi connectivity index (χ0v) is 15.5. The molecular formula is C19H16BrFN2O3. The van der Waals surface area contributed by atoms with Crippen LogP contribution in [0.1, 0.15) is 18.1 Å². The molecule has 3 rings (SSSR count). The SMILES string of the molecule is CCOc1ccc(/C=C2/NC(=O)N(Cc3ccccc3F)C2=O)cc1Br. The van der Waals surface area contributed by atoms with Crippen molar-refractivity contribution in [3.8, 4) is 5.75 Å². The lowest BCUT2D eigenvalue weighted by molar-refractivity contribution is -0.123. The minimum atomic E-state index is -0.575. The number of nitrogens with zero attached hydrogens (tertiary/aromatic N) is 1. The van der Waals surface area contributed by atoms with E-state index in [1.54, 1.807) is 42.5 Å². The first-order chi connectivity index (χ1) is 12.5. The Kier molecular flexibility index (Phi) is 5.37. The summed E-state index contributed by atoms with van der Waals surface area (Å²) < 4.78 is 20.0. The molecule has 1 N–H and O–H groups in total. The van der Waals surface area contributed by atoms with Gasteiger partial charge in [-0.3, -0.25) is 9.69 Å². The number of ether oxygens (including phenoxy) is 1. The van der Waals surface area contributed by atoms with Crippen LogP contribution in [0.3, 0.4) is 0 Å². The van der Waals surface area contributed by atoms with Gasteiger partial charge in [0.25, 0.3) is 5.91 Å². The number of hydrogen-bond donors (Lipinski definition) is 1. The number of imide groups is 1. The summed E-state index contributed by atoms with van der Waals surface area (Å²) in [7, 11) is 0. The van der Waals surface area contributed by atoms with Gasteiger partial charge in [-0.2, -0.15) is 0 Å². The van der Waals surface area contributed by atoms with E-state index in [2.05, 4.69) is 21.2 Å². The molecule has 1 saturated heterocycles. The minimum Gasteiger partial charge on any atom is -0.493 e. The van der Waals surface area contributed by atoms with Crippen LogP contribution in [0.4, 0.5) is 9.18 Å². The first kappa shape index (κ1) is 18.1. The Balaban J connectivity index is 1.81. The summed E-state index contributed by atoms with van der Waals surface area (Å²) in [6, 6.07) is 10.8. The van der Waals surface area contributed by atoms with Gasteiger partial charge in [-0.25, -0.2) is 9.18 Å². The molecule has 2 aromatic rings. The number of rotatable bonds is 5. The van der Waals surface area contributed by atoms with E-state index < -0.39 is 17.8 Å². The number of urea groups is 1. The Labute approximate surface area is 158 Å². The first-order valence-corrected chi connectivity index (χ1v) is 8.79. The van der Waals surface area contributed by atoms with Crippen LogP contribution in [0.2, 0.25) is 0 Å². The van der Waals surface area contributed by atoms with Gasteiger partial charge >= 0.3 is 6.03 Å². The maximum absolute atomic E-state index is 13.8. The highest BCUT2D eigenvalue weighted by molar-refractivity contribution is 9.10. The summed E-state index contributed by atoms with van der Waals surface area (Å²) in [5.74, 6) is -0.262. The van der Waals surface area contributed by atoms with Gasteiger partial charge in [0.2, 0.25) is 0 Å². The standard InChI is InChI=1S/C19H16BrFN2O3/c1-2-26-17-8-7-12(9-14(17)20)10-16-18(24)23(19(25)22-16)11-13-5-3-4-6-15(13)21/h3-10H,2,11H2,1H3,(H,22,25)/b16-10+. The predicted molar refractivity (Wildman–Crippen MR) is 98.8 cm³/mol. The van der Waals surface area contributed by atoms with Crippen LogP contribution in [0.25, 0.3) is 6.08 Å². The fourth-order valence-corrected chi connectivity index (χ4v) is 3.07. The van der Waals surface area contributed by atoms with Gasteiger partial charge in [0.05, 0.1) is 17.6 Å². The molecule has 134 valence electrons. The van der Waals surface area contributed by atoms with E-state index in [-0.39, 0.29) is 17.8 Å². The van der Waals surface area contributed by atoms with Crippen molar-refractivity contribution in [1.29, 1.82) is 0 Å². The molecule has 2 aromatic carbocycles. The maximum atomic E-state index is 13.8. The zero-order valence-electron chi connectivity index (χ0n) is 14.0. The van der Waals surface area contributed by atoms with Crippen molar-refractivity contribution in [1.82, 2.24) is 10.2 Å². The van der Waals surface area contributed by atoms with Gasteiger partial charge < -0.3 is 10.1 Å². The average molecular weight is 419 g/mol. The topological polar surface area (TPSA) is 58.6 Å². The minimum absolute atomic E-state index is 0.123. The molecule has 0 atom stereocenters. The summed E-state index contributed by atoms with van der Waals surface area (Å²) in [6.45, 7) is 2.31. The zero-order chi connectivity index (χ0) is 18.7. The van der Waals surface area contributed by atoms with Crippen molar-refractivity contribution in [2.75, 3.05) is 6.61 Å². The molecule has 0 unspecified atom stereocenters. The number of halogens is 2. The van der Waals surface area contributed by atoms with Crippen molar-refractivity contribution in [2.45, 2.75) is 13.5 Å². The number of carbonyl (C=O) groups is 2. The van der Waals surface area contributed by atoms with Gasteiger partial charge in [0.1, 0.15) is 17.3 Å². The quantitative estimate of drug-likeness (QED) is 0.587. The van der Waals surface area contributed by atoms with Crippen molar-refractivity contribution in [3.05, 3.63) is 69.6 Å². The second-order valence-electron chi connectivity index (χ2n) is 5.59. The molecule has 0 bridgehead atoms. The monoisotopic (exact) mass is 418 g/mol. The Morgan fingerprint density at radius 2 is 2.00 bits per heavy atom. The van der Waals surface area contributed by atoms with Gasteiger partial charge in [0.15, 0.2) is 0 Å². The second-order valence-corrected chi connectivity index (χ2v) is 6.45. The Bertz CT molecular complexity index is 898. The van der Waals surface area contributed by atoms with E-state index in [1.807, 2.05) is 6.92 Å². The molecule has 1 fully saturated rings. The number of benzene rings is 2. The Morgan fingerprint density at radius 3 is 2.69 bits per heavy atom. The van der Waals surface area contributed by atoms with Gasteiger partial charge in [-0.1, -0.05) is 24.3 Å². The lowest BCUT2D eigenvalue weighted by atomic mass is 10.1. The lowest BCUT2D eigenvalue weighted by Gasteiger charge is -2.12. The van der Waals surface area contributed by atoms with Gasteiger partial charge in [-0.15, -0.1) is 0 Å².